The molecular formula is C27H29N3O4S. The van der Waals surface area contributed by atoms with E-state index in [1.807, 2.05) is 43.3 Å². The van der Waals surface area contributed by atoms with E-state index in [-0.39, 0.29) is 36.5 Å². The van der Waals surface area contributed by atoms with Crippen LogP contribution < -0.4 is 5.32 Å². The minimum Gasteiger partial charge on any atom is -0.469 e. The van der Waals surface area contributed by atoms with Gasteiger partial charge in [0, 0.05) is 42.1 Å². The highest BCUT2D eigenvalue weighted by Gasteiger charge is 2.26. The van der Waals surface area contributed by atoms with Crippen molar-refractivity contribution in [2.45, 2.75) is 38.5 Å². The van der Waals surface area contributed by atoms with E-state index < -0.39 is 0 Å². The molecule has 3 aromatic rings. The van der Waals surface area contributed by atoms with Gasteiger partial charge in [-0.2, -0.15) is 0 Å². The minimum atomic E-state index is -0.372. The Bertz CT molecular complexity index is 1200. The summed E-state index contributed by atoms with van der Waals surface area (Å²) in [6.45, 7) is 3.29. The van der Waals surface area contributed by atoms with E-state index in [4.69, 9.17) is 0 Å². The van der Waals surface area contributed by atoms with Crippen molar-refractivity contribution in [3.63, 3.8) is 0 Å². The third-order valence-corrected chi connectivity index (χ3v) is 7.27. The van der Waals surface area contributed by atoms with Crippen molar-refractivity contribution in [1.29, 1.82) is 0 Å². The summed E-state index contributed by atoms with van der Waals surface area (Å²) >= 11 is 1.49. The highest BCUT2D eigenvalue weighted by atomic mass is 32.1. The number of para-hydroxylation sites is 1. The molecule has 0 saturated carbocycles. The second kappa shape index (κ2) is 11.3. The lowest BCUT2D eigenvalue weighted by Crippen LogP contribution is -2.38. The molecule has 1 aliphatic heterocycles. The lowest BCUT2D eigenvalue weighted by Gasteiger charge is -2.31. The first-order chi connectivity index (χ1) is 16.9. The number of amides is 2. The molecule has 1 aliphatic rings. The molecule has 8 heteroatoms. The Labute approximate surface area is 209 Å². The predicted molar refractivity (Wildman–Crippen MR) is 136 cm³/mol. The van der Waals surface area contributed by atoms with Crippen molar-refractivity contribution < 1.29 is 19.1 Å². The number of thiazole rings is 1. The number of ether oxygens (including phenoxy) is 1. The Hall–Kier alpha value is -3.52. The number of nitrogens with zero attached hydrogens (tertiary/aromatic N) is 2. The molecule has 0 bridgehead atoms. The van der Waals surface area contributed by atoms with Crippen molar-refractivity contribution >= 4 is 34.8 Å². The maximum absolute atomic E-state index is 13.0. The zero-order chi connectivity index (χ0) is 24.8. The fourth-order valence-corrected chi connectivity index (χ4v) is 5.16. The number of carbonyl (C=O) groups is 3. The lowest BCUT2D eigenvalue weighted by atomic mass is 9.97. The predicted octanol–water partition coefficient (Wildman–Crippen LogP) is 5.03. The number of benzene rings is 2. The summed E-state index contributed by atoms with van der Waals surface area (Å²) in [6.07, 6.45) is 1.85. The van der Waals surface area contributed by atoms with Crippen molar-refractivity contribution in [2.75, 3.05) is 25.5 Å². The quantitative estimate of drug-likeness (QED) is 0.468. The van der Waals surface area contributed by atoms with Gasteiger partial charge in [0.25, 0.3) is 5.91 Å². The Kier molecular flexibility index (Phi) is 7.92. The molecule has 0 spiro atoms. The molecule has 1 N–H and O–H groups in total. The summed E-state index contributed by atoms with van der Waals surface area (Å²) in [5, 5.41) is 5.74. The average Bonchev–Trinajstić information content (AvgIpc) is 3.39. The van der Waals surface area contributed by atoms with Crippen LogP contribution in [0.15, 0.2) is 53.9 Å². The van der Waals surface area contributed by atoms with Crippen LogP contribution in [-0.4, -0.2) is 47.9 Å². The second-order valence-electron chi connectivity index (χ2n) is 8.67. The number of aryl methyl sites for hydroxylation is 1. The number of aromatic nitrogens is 1. The van der Waals surface area contributed by atoms with Crippen LogP contribution >= 0.6 is 11.3 Å². The third-order valence-electron chi connectivity index (χ3n) is 6.26. The average molecular weight is 492 g/mol. The molecule has 0 unspecified atom stereocenters. The van der Waals surface area contributed by atoms with Crippen molar-refractivity contribution in [3.8, 4) is 11.1 Å². The Balaban J connectivity index is 1.36. The van der Waals surface area contributed by atoms with Crippen molar-refractivity contribution in [2.24, 2.45) is 0 Å². The number of esters is 1. The summed E-state index contributed by atoms with van der Waals surface area (Å²) in [7, 11) is 1.32. The molecule has 2 aromatic carbocycles. The molecule has 2 amide bonds. The van der Waals surface area contributed by atoms with Gasteiger partial charge < -0.3 is 15.0 Å². The zero-order valence-corrected chi connectivity index (χ0v) is 20.8. The molecule has 35 heavy (non-hydrogen) atoms. The number of rotatable bonds is 7. The SMILES string of the molecule is COC(=O)CCC(=O)N1CCC(c2nc(C(=O)Nc3ccccc3-c3ccc(C)cc3)cs2)CC1. The molecule has 1 saturated heterocycles. The van der Waals surface area contributed by atoms with Gasteiger partial charge in [-0.15, -0.1) is 11.3 Å². The molecule has 182 valence electrons. The maximum Gasteiger partial charge on any atom is 0.306 e. The number of piperidine rings is 1. The molecule has 0 aliphatic carbocycles. The number of carbonyl (C=O) groups excluding carboxylic acids is 3. The van der Waals surface area contributed by atoms with Crippen molar-refractivity contribution in [1.82, 2.24) is 9.88 Å². The topological polar surface area (TPSA) is 88.6 Å². The van der Waals surface area contributed by atoms with Gasteiger partial charge >= 0.3 is 5.97 Å². The fraction of sp³-hybridized carbons (Fsp3) is 0.333. The van der Waals surface area contributed by atoms with Gasteiger partial charge in [-0.3, -0.25) is 14.4 Å². The number of hydrogen-bond donors (Lipinski definition) is 1. The first-order valence-corrected chi connectivity index (χ1v) is 12.6. The largest absolute Gasteiger partial charge is 0.469 e. The fourth-order valence-electron chi connectivity index (χ4n) is 4.19. The third kappa shape index (κ3) is 6.14. The van der Waals surface area contributed by atoms with Gasteiger partial charge in [0.15, 0.2) is 0 Å². The standard InChI is InChI=1S/C27H29N3O4S/c1-18-7-9-19(10-8-18)21-5-3-4-6-22(21)28-26(33)23-17-35-27(29-23)20-13-15-30(16-14-20)24(31)11-12-25(32)34-2/h3-10,17,20H,11-16H2,1-2H3,(H,28,33). The zero-order valence-electron chi connectivity index (χ0n) is 20.0. The van der Waals surface area contributed by atoms with Crippen LogP contribution in [0.5, 0.6) is 0 Å². The van der Waals surface area contributed by atoms with E-state index in [2.05, 4.69) is 27.2 Å². The molecule has 0 atom stereocenters. The van der Waals surface area contributed by atoms with Crippen LogP contribution in [0.4, 0.5) is 5.69 Å². The summed E-state index contributed by atoms with van der Waals surface area (Å²) in [5.74, 6) is -0.419. The van der Waals surface area contributed by atoms with Gasteiger partial charge in [-0.1, -0.05) is 48.0 Å². The van der Waals surface area contributed by atoms with E-state index in [9.17, 15) is 14.4 Å². The smallest absolute Gasteiger partial charge is 0.306 e. The van der Waals surface area contributed by atoms with Crippen LogP contribution in [0.3, 0.4) is 0 Å². The number of anilines is 1. The summed E-state index contributed by atoms with van der Waals surface area (Å²) in [4.78, 5) is 43.0. The summed E-state index contributed by atoms with van der Waals surface area (Å²) < 4.78 is 4.61. The molecule has 1 aromatic heterocycles. The van der Waals surface area contributed by atoms with Crippen LogP contribution in [-0.2, 0) is 14.3 Å². The maximum atomic E-state index is 13.0. The molecule has 2 heterocycles. The van der Waals surface area contributed by atoms with E-state index in [0.717, 1.165) is 34.7 Å². The molecule has 7 nitrogen and oxygen atoms in total. The van der Waals surface area contributed by atoms with E-state index in [0.29, 0.717) is 18.8 Å². The van der Waals surface area contributed by atoms with Crippen molar-refractivity contribution in [3.05, 3.63) is 70.2 Å². The highest BCUT2D eigenvalue weighted by Crippen LogP contribution is 2.32. The summed E-state index contributed by atoms with van der Waals surface area (Å²) in [6, 6.07) is 16.0. The number of likely N-dealkylation sites (tertiary alicyclic amines) is 1. The van der Waals surface area contributed by atoms with E-state index >= 15 is 0 Å². The van der Waals surface area contributed by atoms with Gasteiger partial charge in [0.05, 0.1) is 18.5 Å². The molecule has 4 rings (SSSR count). The summed E-state index contributed by atoms with van der Waals surface area (Å²) in [5.41, 5.74) is 4.33. The first-order valence-electron chi connectivity index (χ1n) is 11.7. The van der Waals surface area contributed by atoms with Crippen LogP contribution in [0.1, 0.15) is 52.7 Å². The first kappa shape index (κ1) is 24.6. The van der Waals surface area contributed by atoms with Gasteiger partial charge in [-0.25, -0.2) is 4.98 Å². The van der Waals surface area contributed by atoms with E-state index in [1.54, 1.807) is 10.3 Å². The monoisotopic (exact) mass is 491 g/mol. The van der Waals surface area contributed by atoms with Gasteiger partial charge in [0.2, 0.25) is 5.91 Å². The number of hydrogen-bond acceptors (Lipinski definition) is 6. The Morgan fingerprint density at radius 1 is 1.06 bits per heavy atom. The normalized spacial score (nSPS) is 13.9. The molecular weight excluding hydrogens is 462 g/mol. The van der Waals surface area contributed by atoms with Crippen LogP contribution in [0.2, 0.25) is 0 Å². The molecule has 1 fully saturated rings. The number of methoxy groups -OCH3 is 1. The van der Waals surface area contributed by atoms with Crippen LogP contribution in [0.25, 0.3) is 11.1 Å². The minimum absolute atomic E-state index is 0.0275. The van der Waals surface area contributed by atoms with Gasteiger partial charge in [0.1, 0.15) is 5.69 Å². The second-order valence-corrected chi connectivity index (χ2v) is 9.56. The Morgan fingerprint density at radius 2 is 1.77 bits per heavy atom. The van der Waals surface area contributed by atoms with Crippen LogP contribution in [0, 0.1) is 6.92 Å². The highest BCUT2D eigenvalue weighted by molar-refractivity contribution is 7.10. The molecule has 0 radical (unpaired) electrons. The lowest BCUT2D eigenvalue weighted by molar-refractivity contribution is -0.143. The van der Waals surface area contributed by atoms with E-state index in [1.165, 1.54) is 24.0 Å². The Morgan fingerprint density at radius 3 is 2.49 bits per heavy atom. The van der Waals surface area contributed by atoms with Gasteiger partial charge in [-0.05, 0) is 31.4 Å². The number of nitrogens with one attached hydrogen (secondary N) is 1.